The second kappa shape index (κ2) is 8.48. The number of amides is 1. The molecule has 2 aromatic rings. The molecule has 6 heteroatoms. The molecule has 1 amide bonds. The van der Waals surface area contributed by atoms with Crippen molar-refractivity contribution in [2.75, 3.05) is 13.7 Å². The zero-order valence-electron chi connectivity index (χ0n) is 17.1. The molecule has 0 aromatic heterocycles. The summed E-state index contributed by atoms with van der Waals surface area (Å²) >= 11 is 0. The number of esters is 1. The summed E-state index contributed by atoms with van der Waals surface area (Å²) in [6.45, 7) is 0.817. The number of nitrogens with zero attached hydrogens (tertiary/aromatic N) is 1. The summed E-state index contributed by atoms with van der Waals surface area (Å²) < 4.78 is 10.4. The fraction of sp³-hybridized carbons (Fsp3) is 0.417. The van der Waals surface area contributed by atoms with E-state index in [1.165, 1.54) is 7.11 Å². The minimum absolute atomic E-state index is 0.0707. The van der Waals surface area contributed by atoms with Crippen LogP contribution in [0.1, 0.15) is 53.2 Å². The molecule has 6 nitrogen and oxygen atoms in total. The van der Waals surface area contributed by atoms with E-state index in [-0.39, 0.29) is 36.2 Å². The van der Waals surface area contributed by atoms with Gasteiger partial charge in [0.25, 0.3) is 0 Å². The lowest BCUT2D eigenvalue weighted by molar-refractivity contribution is -0.0825. The first-order valence-electron chi connectivity index (χ1n) is 10.3. The lowest BCUT2D eigenvalue weighted by Crippen LogP contribution is -2.51. The van der Waals surface area contributed by atoms with E-state index in [1.807, 2.05) is 42.5 Å². The largest absolute Gasteiger partial charge is 0.465 e. The van der Waals surface area contributed by atoms with Crippen molar-refractivity contribution in [3.63, 3.8) is 0 Å². The fourth-order valence-corrected chi connectivity index (χ4v) is 4.72. The smallest absolute Gasteiger partial charge is 0.410 e. The second-order valence-electron chi connectivity index (χ2n) is 8.38. The van der Waals surface area contributed by atoms with Gasteiger partial charge in [0.05, 0.1) is 24.8 Å². The molecular weight excluding hydrogens is 382 g/mol. The molecule has 1 aliphatic carbocycles. The van der Waals surface area contributed by atoms with Gasteiger partial charge in [0.2, 0.25) is 0 Å². The SMILES string of the molecule is COC(=O)c1ccc([C@@H]2CC3(CCN2C(=O)OCc2ccccc2)CC(O)C3)cc1. The van der Waals surface area contributed by atoms with E-state index in [4.69, 9.17) is 9.47 Å². The van der Waals surface area contributed by atoms with Gasteiger partial charge in [0.1, 0.15) is 6.61 Å². The van der Waals surface area contributed by atoms with Gasteiger partial charge in [-0.1, -0.05) is 42.5 Å². The third-order valence-electron chi connectivity index (χ3n) is 6.38. The molecule has 0 unspecified atom stereocenters. The lowest BCUT2D eigenvalue weighted by Gasteiger charge is -2.53. The van der Waals surface area contributed by atoms with Crippen LogP contribution in [0, 0.1) is 5.41 Å². The minimum atomic E-state index is -0.386. The Labute approximate surface area is 176 Å². The number of methoxy groups -OCH3 is 1. The highest BCUT2D eigenvalue weighted by Gasteiger charge is 2.49. The average Bonchev–Trinajstić information content (AvgIpc) is 2.77. The van der Waals surface area contributed by atoms with Gasteiger partial charge in [-0.25, -0.2) is 9.59 Å². The number of aliphatic hydroxyl groups is 1. The van der Waals surface area contributed by atoms with E-state index < -0.39 is 0 Å². The summed E-state index contributed by atoms with van der Waals surface area (Å²) in [5, 5.41) is 9.88. The Hall–Kier alpha value is -2.86. The standard InChI is InChI=1S/C24H27NO5/c1-29-22(27)19-9-7-18(8-10-19)21-15-24(13-20(26)14-24)11-12-25(21)23(28)30-16-17-5-3-2-4-6-17/h2-10,20-21,26H,11-16H2,1H3/t20?,21-,24?/m0/s1. The summed E-state index contributed by atoms with van der Waals surface area (Å²) in [5.41, 5.74) is 2.45. The van der Waals surface area contributed by atoms with Crippen LogP contribution in [0.2, 0.25) is 0 Å². The van der Waals surface area contributed by atoms with E-state index >= 15 is 0 Å². The maximum absolute atomic E-state index is 12.9. The number of ether oxygens (including phenoxy) is 2. The molecule has 30 heavy (non-hydrogen) atoms. The topological polar surface area (TPSA) is 76.1 Å². The molecule has 1 aliphatic heterocycles. The molecule has 1 atom stereocenters. The number of carbonyl (C=O) groups is 2. The summed E-state index contributed by atoms with van der Waals surface area (Å²) in [6.07, 6.45) is 2.61. The highest BCUT2D eigenvalue weighted by atomic mass is 16.6. The molecule has 0 bridgehead atoms. The molecule has 2 aromatic carbocycles. The van der Waals surface area contributed by atoms with E-state index in [1.54, 1.807) is 17.0 Å². The quantitative estimate of drug-likeness (QED) is 0.770. The molecular formula is C24H27NO5. The second-order valence-corrected chi connectivity index (χ2v) is 8.38. The van der Waals surface area contributed by atoms with Crippen molar-refractivity contribution in [3.05, 3.63) is 71.3 Å². The van der Waals surface area contributed by atoms with Crippen LogP contribution in [0.3, 0.4) is 0 Å². The average molecular weight is 409 g/mol. The Morgan fingerprint density at radius 3 is 2.40 bits per heavy atom. The Bertz CT molecular complexity index is 890. The van der Waals surface area contributed by atoms with Crippen LogP contribution in [0.15, 0.2) is 54.6 Å². The van der Waals surface area contributed by atoms with Crippen LogP contribution in [0.4, 0.5) is 4.79 Å². The summed E-state index contributed by atoms with van der Waals surface area (Å²) in [7, 11) is 1.35. The molecule has 1 N–H and O–H groups in total. The maximum Gasteiger partial charge on any atom is 0.410 e. The van der Waals surface area contributed by atoms with Crippen LogP contribution in [-0.2, 0) is 16.1 Å². The van der Waals surface area contributed by atoms with Gasteiger partial charge in [-0.2, -0.15) is 0 Å². The highest BCUT2D eigenvalue weighted by Crippen LogP contribution is 2.54. The van der Waals surface area contributed by atoms with Crippen molar-refractivity contribution < 1.29 is 24.2 Å². The van der Waals surface area contributed by atoms with E-state index in [2.05, 4.69) is 0 Å². The minimum Gasteiger partial charge on any atom is -0.465 e. The number of hydrogen-bond donors (Lipinski definition) is 1. The number of carbonyl (C=O) groups excluding carboxylic acids is 2. The predicted molar refractivity (Wildman–Crippen MR) is 111 cm³/mol. The summed E-state index contributed by atoms with van der Waals surface area (Å²) in [5.74, 6) is -0.386. The van der Waals surface area contributed by atoms with Gasteiger partial charge in [0.15, 0.2) is 0 Å². The molecule has 1 heterocycles. The van der Waals surface area contributed by atoms with Crippen LogP contribution in [0.5, 0.6) is 0 Å². The molecule has 1 spiro atoms. The van der Waals surface area contributed by atoms with Crippen molar-refractivity contribution >= 4 is 12.1 Å². The zero-order valence-corrected chi connectivity index (χ0v) is 17.1. The third kappa shape index (κ3) is 4.19. The number of likely N-dealkylation sites (tertiary alicyclic amines) is 1. The normalized spacial score (nSPS) is 25.5. The Morgan fingerprint density at radius 1 is 1.07 bits per heavy atom. The van der Waals surface area contributed by atoms with Crippen molar-refractivity contribution in [3.8, 4) is 0 Å². The van der Waals surface area contributed by atoms with Crippen molar-refractivity contribution in [1.82, 2.24) is 4.90 Å². The Balaban J connectivity index is 1.52. The van der Waals surface area contributed by atoms with Gasteiger partial charge in [-0.15, -0.1) is 0 Å². The molecule has 1 saturated heterocycles. The number of piperidine rings is 1. The predicted octanol–water partition coefficient (Wildman–Crippen LogP) is 4.09. The molecule has 4 rings (SSSR count). The molecule has 158 valence electrons. The highest BCUT2D eigenvalue weighted by molar-refractivity contribution is 5.89. The van der Waals surface area contributed by atoms with Crippen LogP contribution < -0.4 is 0 Å². The fourth-order valence-electron chi connectivity index (χ4n) is 4.72. The van der Waals surface area contributed by atoms with E-state index in [9.17, 15) is 14.7 Å². The van der Waals surface area contributed by atoms with Gasteiger partial charge in [-0.05, 0) is 54.4 Å². The number of benzene rings is 2. The van der Waals surface area contributed by atoms with Gasteiger partial charge < -0.3 is 19.5 Å². The van der Waals surface area contributed by atoms with Crippen LogP contribution in [0.25, 0.3) is 0 Å². The zero-order chi connectivity index (χ0) is 21.1. The summed E-state index contributed by atoms with van der Waals surface area (Å²) in [6, 6.07) is 16.7. The van der Waals surface area contributed by atoms with Crippen LogP contribution in [-0.4, -0.2) is 41.8 Å². The van der Waals surface area contributed by atoms with Gasteiger partial charge in [-0.3, -0.25) is 0 Å². The first-order valence-corrected chi connectivity index (χ1v) is 10.3. The van der Waals surface area contributed by atoms with E-state index in [0.717, 1.165) is 36.8 Å². The molecule has 2 aliphatic rings. The Morgan fingerprint density at radius 2 is 1.77 bits per heavy atom. The van der Waals surface area contributed by atoms with E-state index in [0.29, 0.717) is 12.1 Å². The number of aliphatic hydroxyl groups excluding tert-OH is 1. The first kappa shape index (κ1) is 20.4. The van der Waals surface area contributed by atoms with Crippen LogP contribution >= 0.6 is 0 Å². The molecule has 1 saturated carbocycles. The maximum atomic E-state index is 12.9. The summed E-state index contributed by atoms with van der Waals surface area (Å²) in [4.78, 5) is 26.5. The number of hydrogen-bond acceptors (Lipinski definition) is 5. The third-order valence-corrected chi connectivity index (χ3v) is 6.38. The first-order chi connectivity index (χ1) is 14.5. The Kier molecular flexibility index (Phi) is 5.77. The van der Waals surface area contributed by atoms with Gasteiger partial charge in [0, 0.05) is 6.54 Å². The van der Waals surface area contributed by atoms with Gasteiger partial charge >= 0.3 is 12.1 Å². The van der Waals surface area contributed by atoms with Crippen molar-refractivity contribution in [1.29, 1.82) is 0 Å². The molecule has 0 radical (unpaired) electrons. The monoisotopic (exact) mass is 409 g/mol. The lowest BCUT2D eigenvalue weighted by atomic mass is 9.59. The van der Waals surface area contributed by atoms with Crippen molar-refractivity contribution in [2.45, 2.75) is 44.4 Å². The number of rotatable bonds is 4. The van der Waals surface area contributed by atoms with Crippen molar-refractivity contribution in [2.24, 2.45) is 5.41 Å². The molecule has 2 fully saturated rings.